The number of methoxy groups -OCH3 is 2. The van der Waals surface area contributed by atoms with Gasteiger partial charge in [-0.2, -0.15) is 13.2 Å². The first kappa shape index (κ1) is 20.0. The Morgan fingerprint density at radius 2 is 2.00 bits per heavy atom. The number of amides is 2. The molecule has 2 rings (SSSR count). The van der Waals surface area contributed by atoms with Gasteiger partial charge in [0.1, 0.15) is 5.92 Å². The first-order valence-corrected chi connectivity index (χ1v) is 8.01. The monoisotopic (exact) mass is 374 g/mol. The Morgan fingerprint density at radius 3 is 2.58 bits per heavy atom. The topological polar surface area (TPSA) is 67.9 Å². The maximum atomic E-state index is 13.0. The minimum atomic E-state index is -4.52. The number of hydrogen-bond donors (Lipinski definition) is 1. The first-order valence-electron chi connectivity index (χ1n) is 8.01. The summed E-state index contributed by atoms with van der Waals surface area (Å²) in [5.74, 6) is -1.47. The molecule has 0 aromatic heterocycles. The van der Waals surface area contributed by atoms with E-state index >= 15 is 0 Å². The second-order valence-electron chi connectivity index (χ2n) is 6.03. The van der Waals surface area contributed by atoms with Crippen molar-refractivity contribution in [1.82, 2.24) is 10.2 Å². The van der Waals surface area contributed by atoms with Gasteiger partial charge in [-0.15, -0.1) is 0 Å². The van der Waals surface area contributed by atoms with Crippen LogP contribution in [0.1, 0.15) is 24.1 Å². The Hall–Kier alpha value is -2.29. The molecule has 0 saturated carbocycles. The molecule has 0 radical (unpaired) electrons. The summed E-state index contributed by atoms with van der Waals surface area (Å²) in [6, 6.07) is 2.61. The zero-order chi connectivity index (χ0) is 19.5. The molecule has 144 valence electrons. The highest BCUT2D eigenvalue weighted by Gasteiger charge is 2.45. The Morgan fingerprint density at radius 1 is 1.31 bits per heavy atom. The third-order valence-corrected chi connectivity index (χ3v) is 4.49. The second-order valence-corrected chi connectivity index (χ2v) is 6.03. The number of esters is 1. The summed E-state index contributed by atoms with van der Waals surface area (Å²) >= 11 is 0. The highest BCUT2D eigenvalue weighted by molar-refractivity contribution is 5.82. The van der Waals surface area contributed by atoms with E-state index in [1.54, 1.807) is 6.92 Å². The Kier molecular flexibility index (Phi) is 6.12. The fraction of sp³-hybridized carbons (Fsp3) is 0.529. The van der Waals surface area contributed by atoms with Gasteiger partial charge >= 0.3 is 18.2 Å². The van der Waals surface area contributed by atoms with Crippen molar-refractivity contribution in [2.45, 2.75) is 25.2 Å². The van der Waals surface area contributed by atoms with Crippen LogP contribution in [-0.4, -0.2) is 50.3 Å². The number of hydrogen-bond acceptors (Lipinski definition) is 4. The standard InChI is InChI=1S/C17H21F3N2O4/c1-10-13(15(23)26-3)14(21-16(24)22(10)7-8-25-2)11-5-4-6-12(9-11)17(18,19)20/h4-6,9-10,13-14H,7-8H2,1-3H3,(H,21,24)/t10-,13+,14+/m1/s1. The molecule has 1 aliphatic rings. The van der Waals surface area contributed by atoms with Crippen LogP contribution in [0.4, 0.5) is 18.0 Å². The first-order chi connectivity index (χ1) is 12.2. The minimum absolute atomic E-state index is 0.196. The number of nitrogens with zero attached hydrogens (tertiary/aromatic N) is 1. The van der Waals surface area contributed by atoms with Crippen LogP contribution in [0.15, 0.2) is 24.3 Å². The summed E-state index contributed by atoms with van der Waals surface area (Å²) in [6.45, 7) is 2.17. The molecule has 3 atom stereocenters. The van der Waals surface area contributed by atoms with Crippen LogP contribution in [0.5, 0.6) is 0 Å². The average molecular weight is 374 g/mol. The summed E-state index contributed by atoms with van der Waals surface area (Å²) < 4.78 is 48.8. The summed E-state index contributed by atoms with van der Waals surface area (Å²) in [7, 11) is 2.68. The Bertz CT molecular complexity index is 666. The molecule has 9 heteroatoms. The maximum Gasteiger partial charge on any atom is 0.416 e. The molecule has 0 bridgehead atoms. The number of carbonyl (C=O) groups excluding carboxylic acids is 2. The van der Waals surface area contributed by atoms with Crippen LogP contribution >= 0.6 is 0 Å². The van der Waals surface area contributed by atoms with E-state index in [9.17, 15) is 22.8 Å². The zero-order valence-electron chi connectivity index (χ0n) is 14.7. The molecule has 1 fully saturated rings. The average Bonchev–Trinajstić information content (AvgIpc) is 2.60. The lowest BCUT2D eigenvalue weighted by Gasteiger charge is -2.43. The SMILES string of the molecule is COCCN1C(=O)N[C@@H](c2cccc(C(F)(F)F)c2)[C@@H](C(=O)OC)[C@H]1C. The van der Waals surface area contributed by atoms with Crippen molar-refractivity contribution in [3.05, 3.63) is 35.4 Å². The lowest BCUT2D eigenvalue weighted by molar-refractivity contribution is -0.149. The number of nitrogens with one attached hydrogen (secondary N) is 1. The van der Waals surface area contributed by atoms with Gasteiger partial charge in [0.15, 0.2) is 0 Å². The normalized spacial score (nSPS) is 23.5. The van der Waals surface area contributed by atoms with E-state index in [1.807, 2.05) is 0 Å². The zero-order valence-corrected chi connectivity index (χ0v) is 14.7. The lowest BCUT2D eigenvalue weighted by atomic mass is 9.84. The van der Waals surface area contributed by atoms with E-state index in [-0.39, 0.29) is 18.7 Å². The van der Waals surface area contributed by atoms with Gasteiger partial charge in [-0.25, -0.2) is 4.79 Å². The predicted molar refractivity (Wildman–Crippen MR) is 86.3 cm³/mol. The summed E-state index contributed by atoms with van der Waals surface area (Å²) in [6.07, 6.45) is -4.52. The van der Waals surface area contributed by atoms with E-state index in [4.69, 9.17) is 9.47 Å². The highest BCUT2D eigenvalue weighted by atomic mass is 19.4. The molecule has 6 nitrogen and oxygen atoms in total. The number of ether oxygens (including phenoxy) is 2. The van der Waals surface area contributed by atoms with Gasteiger partial charge in [-0.1, -0.05) is 12.1 Å². The fourth-order valence-electron chi connectivity index (χ4n) is 3.13. The van der Waals surface area contributed by atoms with Crippen molar-refractivity contribution in [2.24, 2.45) is 5.92 Å². The van der Waals surface area contributed by atoms with Gasteiger partial charge in [-0.05, 0) is 24.6 Å². The number of carbonyl (C=O) groups is 2. The molecule has 0 aliphatic carbocycles. The van der Waals surface area contributed by atoms with Gasteiger partial charge in [-0.3, -0.25) is 4.79 Å². The summed E-state index contributed by atoms with van der Waals surface area (Å²) in [4.78, 5) is 26.1. The van der Waals surface area contributed by atoms with Crippen LogP contribution in [0.2, 0.25) is 0 Å². The molecule has 1 aromatic rings. The minimum Gasteiger partial charge on any atom is -0.469 e. The largest absolute Gasteiger partial charge is 0.469 e. The maximum absolute atomic E-state index is 13.0. The van der Waals surface area contributed by atoms with Crippen LogP contribution in [-0.2, 0) is 20.4 Å². The fourth-order valence-corrected chi connectivity index (χ4v) is 3.13. The Labute approximate surface area is 149 Å². The van der Waals surface area contributed by atoms with Crippen LogP contribution in [0.3, 0.4) is 0 Å². The number of rotatable bonds is 5. The van der Waals surface area contributed by atoms with Crippen molar-refractivity contribution in [3.63, 3.8) is 0 Å². The summed E-state index contributed by atoms with van der Waals surface area (Å²) in [5.41, 5.74) is -0.649. The van der Waals surface area contributed by atoms with Gasteiger partial charge in [0, 0.05) is 19.7 Å². The van der Waals surface area contributed by atoms with Crippen molar-refractivity contribution < 1.29 is 32.2 Å². The van der Waals surface area contributed by atoms with E-state index in [0.717, 1.165) is 12.1 Å². The highest BCUT2D eigenvalue weighted by Crippen LogP contribution is 2.36. The molecule has 2 amide bonds. The second kappa shape index (κ2) is 7.94. The molecule has 1 aromatic carbocycles. The number of urea groups is 1. The van der Waals surface area contributed by atoms with Gasteiger partial charge in [0.2, 0.25) is 0 Å². The molecule has 1 aliphatic heterocycles. The van der Waals surface area contributed by atoms with Crippen LogP contribution in [0, 0.1) is 5.92 Å². The van der Waals surface area contributed by atoms with Crippen LogP contribution < -0.4 is 5.32 Å². The van der Waals surface area contributed by atoms with E-state index in [2.05, 4.69) is 5.32 Å². The van der Waals surface area contributed by atoms with E-state index < -0.39 is 41.7 Å². The smallest absolute Gasteiger partial charge is 0.416 e. The van der Waals surface area contributed by atoms with Crippen molar-refractivity contribution in [3.8, 4) is 0 Å². The van der Waals surface area contributed by atoms with Gasteiger partial charge in [0.25, 0.3) is 0 Å². The molecule has 1 saturated heterocycles. The third-order valence-electron chi connectivity index (χ3n) is 4.49. The van der Waals surface area contributed by atoms with Crippen molar-refractivity contribution in [1.29, 1.82) is 0 Å². The molecule has 0 spiro atoms. The van der Waals surface area contributed by atoms with Crippen molar-refractivity contribution >= 4 is 12.0 Å². The van der Waals surface area contributed by atoms with Crippen molar-refractivity contribution in [2.75, 3.05) is 27.4 Å². The molecule has 26 heavy (non-hydrogen) atoms. The quantitative estimate of drug-likeness (QED) is 0.805. The number of halogens is 3. The number of benzene rings is 1. The van der Waals surface area contributed by atoms with Gasteiger partial charge in [0.05, 0.1) is 25.3 Å². The summed E-state index contributed by atoms with van der Waals surface area (Å²) in [5, 5.41) is 2.63. The third kappa shape index (κ3) is 4.09. The lowest BCUT2D eigenvalue weighted by Crippen LogP contribution is -2.60. The van der Waals surface area contributed by atoms with E-state index in [0.29, 0.717) is 0 Å². The molecule has 0 unspecified atom stereocenters. The van der Waals surface area contributed by atoms with E-state index in [1.165, 1.54) is 31.3 Å². The Balaban J connectivity index is 2.40. The molecule has 1 N–H and O–H groups in total. The van der Waals surface area contributed by atoms with Crippen LogP contribution in [0.25, 0.3) is 0 Å². The molecular formula is C17H21F3N2O4. The molecular weight excluding hydrogens is 353 g/mol. The predicted octanol–water partition coefficient (Wildman–Crippen LogP) is 2.60. The number of alkyl halides is 3. The van der Waals surface area contributed by atoms with Gasteiger partial charge < -0.3 is 19.7 Å². The molecule has 1 heterocycles.